The molecule has 0 fully saturated rings. The number of alkyl halides is 3. The summed E-state index contributed by atoms with van der Waals surface area (Å²) in [5.74, 6) is 0. The van der Waals surface area contributed by atoms with Gasteiger partial charge in [0.2, 0.25) is 4.99 Å². The molecule has 0 aromatic carbocycles. The van der Waals surface area contributed by atoms with E-state index < -0.39 is 11.2 Å². The number of aromatic nitrogens is 2. The number of halogens is 4. The third-order valence-electron chi connectivity index (χ3n) is 2.59. The van der Waals surface area contributed by atoms with Gasteiger partial charge in [-0.2, -0.15) is 18.3 Å². The molecular formula is C13H10ClF3N4S. The van der Waals surface area contributed by atoms with Gasteiger partial charge in [0.25, 0.3) is 0 Å². The molecule has 0 saturated carbocycles. The number of hydrogen-bond acceptors (Lipinski definition) is 3. The number of thiocarbonyl (C=S) groups is 1. The number of nitrogens with one attached hydrogen (secondary N) is 1. The smallest absolute Gasteiger partial charge is 0.327 e. The molecule has 0 spiro atoms. The van der Waals surface area contributed by atoms with E-state index in [-0.39, 0.29) is 0 Å². The number of nitrogens with zero attached hydrogens (tertiary/aromatic N) is 3. The van der Waals surface area contributed by atoms with Crippen LogP contribution in [0.3, 0.4) is 0 Å². The van der Waals surface area contributed by atoms with Gasteiger partial charge in [-0.05, 0) is 23.8 Å². The summed E-state index contributed by atoms with van der Waals surface area (Å²) in [6.45, 7) is 0.379. The third-order valence-corrected chi connectivity index (χ3v) is 3.13. The second-order valence-corrected chi connectivity index (χ2v) is 5.02. The van der Waals surface area contributed by atoms with Crippen LogP contribution in [-0.2, 0) is 6.54 Å². The van der Waals surface area contributed by atoms with Crippen molar-refractivity contribution in [2.45, 2.75) is 12.7 Å². The average molecular weight is 347 g/mol. The van der Waals surface area contributed by atoms with Gasteiger partial charge in [-0.25, -0.2) is 4.98 Å². The highest BCUT2D eigenvalue weighted by molar-refractivity contribution is 7.80. The average Bonchev–Trinajstić information content (AvgIpc) is 2.47. The van der Waals surface area contributed by atoms with E-state index in [0.29, 0.717) is 17.2 Å². The molecule has 0 unspecified atom stereocenters. The summed E-state index contributed by atoms with van der Waals surface area (Å²) in [4.78, 5) is 2.65. The Hall–Kier alpha value is -1.93. The fourth-order valence-corrected chi connectivity index (χ4v) is 1.73. The summed E-state index contributed by atoms with van der Waals surface area (Å²) in [6.07, 6.45) is -1.34. The van der Waals surface area contributed by atoms with Crippen molar-refractivity contribution in [1.82, 2.24) is 15.0 Å². The molecule has 22 heavy (non-hydrogen) atoms. The maximum atomic E-state index is 12.3. The van der Waals surface area contributed by atoms with Gasteiger partial charge in [0.15, 0.2) is 5.49 Å². The maximum absolute atomic E-state index is 12.3. The largest absolute Gasteiger partial charge is 0.443 e. The first-order valence-electron chi connectivity index (χ1n) is 6.03. The van der Waals surface area contributed by atoms with Crippen LogP contribution in [0.5, 0.6) is 0 Å². The molecule has 1 N–H and O–H groups in total. The van der Waals surface area contributed by atoms with Crippen LogP contribution in [0.4, 0.5) is 13.2 Å². The lowest BCUT2D eigenvalue weighted by Crippen LogP contribution is -2.34. The lowest BCUT2D eigenvalue weighted by Gasteiger charge is -2.09. The van der Waals surface area contributed by atoms with E-state index in [1.54, 1.807) is 47.3 Å². The summed E-state index contributed by atoms with van der Waals surface area (Å²) in [5, 5.41) is 4.06. The van der Waals surface area contributed by atoms with Crippen molar-refractivity contribution in [2.75, 3.05) is 0 Å². The molecule has 4 nitrogen and oxygen atoms in total. The van der Waals surface area contributed by atoms with Crippen LogP contribution in [0, 0.1) is 0 Å². The minimum absolute atomic E-state index is 0.295. The molecule has 2 rings (SSSR count). The molecule has 0 aliphatic heterocycles. The zero-order valence-electron chi connectivity index (χ0n) is 11.0. The zero-order chi connectivity index (χ0) is 16.2. The highest BCUT2D eigenvalue weighted by atomic mass is 35.5. The Morgan fingerprint density at radius 3 is 2.73 bits per heavy atom. The lowest BCUT2D eigenvalue weighted by molar-refractivity contribution is -0.0591. The third kappa shape index (κ3) is 4.54. The van der Waals surface area contributed by atoms with Crippen molar-refractivity contribution < 1.29 is 13.2 Å². The van der Waals surface area contributed by atoms with Crippen LogP contribution in [0.15, 0.2) is 47.8 Å². The molecule has 2 heterocycles. The molecule has 0 aliphatic carbocycles. The molecule has 0 amide bonds. The van der Waals surface area contributed by atoms with Crippen LogP contribution in [0.2, 0.25) is 5.15 Å². The van der Waals surface area contributed by atoms with Crippen molar-refractivity contribution >= 4 is 28.8 Å². The number of pyridine rings is 2. The first kappa shape index (κ1) is 16.4. The van der Waals surface area contributed by atoms with E-state index in [4.69, 9.17) is 11.6 Å². The van der Waals surface area contributed by atoms with Gasteiger partial charge in [-0.1, -0.05) is 36.0 Å². The molecule has 116 valence electrons. The Balaban J connectivity index is 2.23. The van der Waals surface area contributed by atoms with Crippen LogP contribution in [-0.4, -0.2) is 20.7 Å². The molecular weight excluding hydrogens is 337 g/mol. The topological polar surface area (TPSA) is 42.2 Å². The van der Waals surface area contributed by atoms with Gasteiger partial charge in [-0.15, -0.1) is 0 Å². The van der Waals surface area contributed by atoms with E-state index >= 15 is 0 Å². The zero-order valence-corrected chi connectivity index (χ0v) is 12.6. The maximum Gasteiger partial charge on any atom is 0.443 e. The summed E-state index contributed by atoms with van der Waals surface area (Å²) >= 11 is 9.92. The molecule has 2 aromatic heterocycles. The molecule has 0 atom stereocenters. The minimum atomic E-state index is -4.61. The lowest BCUT2D eigenvalue weighted by atomic mass is 10.3. The van der Waals surface area contributed by atoms with Gasteiger partial charge in [0.05, 0.1) is 6.54 Å². The monoisotopic (exact) mass is 346 g/mol. The van der Waals surface area contributed by atoms with Crippen molar-refractivity contribution in [3.63, 3.8) is 0 Å². The van der Waals surface area contributed by atoms with E-state index in [2.05, 4.69) is 22.3 Å². The molecule has 0 saturated heterocycles. The van der Waals surface area contributed by atoms with Crippen molar-refractivity contribution in [2.24, 2.45) is 5.10 Å². The molecule has 9 heteroatoms. The fourth-order valence-electron chi connectivity index (χ4n) is 1.57. The second kappa shape index (κ2) is 6.89. The van der Waals surface area contributed by atoms with Crippen LogP contribution >= 0.6 is 23.8 Å². The van der Waals surface area contributed by atoms with Crippen LogP contribution in [0.25, 0.3) is 0 Å². The Labute approximate surface area is 134 Å². The quantitative estimate of drug-likeness (QED) is 0.528. The van der Waals surface area contributed by atoms with Crippen molar-refractivity contribution in [3.8, 4) is 0 Å². The summed E-state index contributed by atoms with van der Waals surface area (Å²) < 4.78 is 38.7. The Morgan fingerprint density at radius 1 is 1.32 bits per heavy atom. The first-order chi connectivity index (χ1) is 10.4. The summed E-state index contributed by atoms with van der Waals surface area (Å²) in [6, 6.07) is 8.37. The Kier molecular flexibility index (Phi) is 5.15. The highest BCUT2D eigenvalue weighted by Crippen LogP contribution is 2.15. The van der Waals surface area contributed by atoms with Gasteiger partial charge >= 0.3 is 6.18 Å². The summed E-state index contributed by atoms with van der Waals surface area (Å²) in [5.41, 5.74) is 2.97. The van der Waals surface area contributed by atoms with E-state index in [9.17, 15) is 13.2 Å². The molecule has 0 bridgehead atoms. The SMILES string of the molecule is FC(F)(F)C(=S)NN=c1ccccn1Cc1ccc(Cl)nc1. The molecule has 0 radical (unpaired) electrons. The second-order valence-electron chi connectivity index (χ2n) is 4.23. The first-order valence-corrected chi connectivity index (χ1v) is 6.81. The minimum Gasteiger partial charge on any atom is -0.327 e. The number of hydrogen-bond donors (Lipinski definition) is 1. The van der Waals surface area contributed by atoms with Crippen LogP contribution in [0.1, 0.15) is 5.56 Å². The number of rotatable bonds is 3. The van der Waals surface area contributed by atoms with E-state index in [1.165, 1.54) is 0 Å². The van der Waals surface area contributed by atoms with Crippen molar-refractivity contribution in [1.29, 1.82) is 0 Å². The Morgan fingerprint density at radius 2 is 2.09 bits per heavy atom. The predicted molar refractivity (Wildman–Crippen MR) is 80.1 cm³/mol. The van der Waals surface area contributed by atoms with Crippen molar-refractivity contribution in [3.05, 3.63) is 58.9 Å². The molecule has 2 aromatic rings. The predicted octanol–water partition coefficient (Wildman–Crippen LogP) is 2.88. The fraction of sp³-hybridized carbons (Fsp3) is 0.154. The van der Waals surface area contributed by atoms with Gasteiger partial charge < -0.3 is 4.57 Å². The molecule has 0 aliphatic rings. The highest BCUT2D eigenvalue weighted by Gasteiger charge is 2.34. The van der Waals surface area contributed by atoms with Gasteiger partial charge in [-0.3, -0.25) is 5.43 Å². The van der Waals surface area contributed by atoms with Crippen LogP contribution < -0.4 is 10.9 Å². The normalized spacial score (nSPS) is 12.3. The van der Waals surface area contributed by atoms with Gasteiger partial charge in [0, 0.05) is 12.4 Å². The summed E-state index contributed by atoms with van der Waals surface area (Å²) in [7, 11) is 0. The van der Waals surface area contributed by atoms with E-state index in [1.807, 2.05) is 5.43 Å². The van der Waals surface area contributed by atoms with E-state index in [0.717, 1.165) is 5.56 Å². The Bertz CT molecular complexity index is 725. The van der Waals surface area contributed by atoms with Gasteiger partial charge in [0.1, 0.15) is 5.15 Å². The standard InChI is InChI=1S/C13H10ClF3N4S/c14-10-5-4-9(7-18-10)8-21-6-2-1-3-11(21)19-20-12(22)13(15,16)17/h1-7H,8H2,(H,20,22).